The molecule has 0 spiro atoms. The number of hydrogen-bond donors (Lipinski definition) is 2. The van der Waals surface area contributed by atoms with Gasteiger partial charge in [-0.3, -0.25) is 4.79 Å². The van der Waals surface area contributed by atoms with Crippen molar-refractivity contribution < 1.29 is 4.79 Å². The SMILES string of the molecule is O=C(CNc1cccc2ccccc12)NN=Cc1cn(Cc2ccccc2)c2ccccc12. The Kier molecular flexibility index (Phi) is 5.85. The number of nitrogens with one attached hydrogen (secondary N) is 2. The fourth-order valence-corrected chi connectivity index (χ4v) is 4.06. The summed E-state index contributed by atoms with van der Waals surface area (Å²) in [7, 11) is 0. The summed E-state index contributed by atoms with van der Waals surface area (Å²) in [4.78, 5) is 12.4. The summed E-state index contributed by atoms with van der Waals surface area (Å²) >= 11 is 0. The number of hydrogen-bond acceptors (Lipinski definition) is 3. The second-order valence-corrected chi connectivity index (χ2v) is 7.89. The third-order valence-corrected chi connectivity index (χ3v) is 5.64. The number of nitrogens with zero attached hydrogens (tertiary/aromatic N) is 2. The average Bonchev–Trinajstić information content (AvgIpc) is 3.20. The molecule has 0 atom stereocenters. The molecule has 0 bridgehead atoms. The van der Waals surface area contributed by atoms with Crippen LogP contribution in [0.1, 0.15) is 11.1 Å². The highest BCUT2D eigenvalue weighted by molar-refractivity contribution is 6.00. The van der Waals surface area contributed by atoms with Gasteiger partial charge in [0.1, 0.15) is 0 Å². The topological polar surface area (TPSA) is 58.4 Å². The van der Waals surface area contributed by atoms with Gasteiger partial charge in [-0.2, -0.15) is 5.10 Å². The Balaban J connectivity index is 1.26. The van der Waals surface area contributed by atoms with Crippen molar-refractivity contribution >= 4 is 39.5 Å². The molecule has 33 heavy (non-hydrogen) atoms. The summed E-state index contributed by atoms with van der Waals surface area (Å²) in [6.07, 6.45) is 3.78. The molecule has 0 radical (unpaired) electrons. The van der Waals surface area contributed by atoms with Crippen molar-refractivity contribution in [1.82, 2.24) is 9.99 Å². The maximum atomic E-state index is 12.4. The Bertz CT molecular complexity index is 1430. The van der Waals surface area contributed by atoms with Crippen LogP contribution in [0.2, 0.25) is 0 Å². The van der Waals surface area contributed by atoms with Crippen LogP contribution in [0.25, 0.3) is 21.7 Å². The standard InChI is InChI=1S/C28H24N4O/c33-28(18-29-26-15-8-12-22-11-4-5-13-24(22)26)31-30-17-23-20-32(19-21-9-2-1-3-10-21)27-16-7-6-14-25(23)27/h1-17,20,29H,18-19H2,(H,31,33). The normalized spacial score (nSPS) is 11.3. The van der Waals surface area contributed by atoms with Crippen molar-refractivity contribution in [2.24, 2.45) is 5.10 Å². The Morgan fingerprint density at radius 3 is 2.42 bits per heavy atom. The zero-order valence-corrected chi connectivity index (χ0v) is 18.1. The maximum absolute atomic E-state index is 12.4. The minimum atomic E-state index is -0.202. The summed E-state index contributed by atoms with van der Waals surface area (Å²) in [5.41, 5.74) is 6.88. The molecule has 1 aromatic heterocycles. The van der Waals surface area contributed by atoms with Crippen molar-refractivity contribution in [3.8, 4) is 0 Å². The zero-order valence-electron chi connectivity index (χ0n) is 18.1. The lowest BCUT2D eigenvalue weighted by atomic mass is 10.1. The van der Waals surface area contributed by atoms with E-state index in [2.05, 4.69) is 63.0 Å². The number of hydrazone groups is 1. The van der Waals surface area contributed by atoms with E-state index in [-0.39, 0.29) is 12.5 Å². The van der Waals surface area contributed by atoms with Crippen LogP contribution in [-0.2, 0) is 11.3 Å². The number of carbonyl (C=O) groups excluding carboxylic acids is 1. The smallest absolute Gasteiger partial charge is 0.259 e. The molecule has 0 saturated heterocycles. The number of rotatable bonds is 7. The fourth-order valence-electron chi connectivity index (χ4n) is 4.06. The number of amides is 1. The molecule has 5 aromatic rings. The molecule has 1 amide bonds. The monoisotopic (exact) mass is 432 g/mol. The second-order valence-electron chi connectivity index (χ2n) is 7.89. The van der Waals surface area contributed by atoms with Gasteiger partial charge in [-0.15, -0.1) is 0 Å². The third kappa shape index (κ3) is 4.62. The Labute approximate surface area is 192 Å². The van der Waals surface area contributed by atoms with E-state index in [1.54, 1.807) is 6.21 Å². The molecular weight excluding hydrogens is 408 g/mol. The Hall–Kier alpha value is -4.38. The van der Waals surface area contributed by atoms with Crippen LogP contribution >= 0.6 is 0 Å². The van der Waals surface area contributed by atoms with Gasteiger partial charge in [0.25, 0.3) is 5.91 Å². The van der Waals surface area contributed by atoms with Crippen molar-refractivity contribution in [3.05, 3.63) is 114 Å². The lowest BCUT2D eigenvalue weighted by molar-refractivity contribution is -0.119. The van der Waals surface area contributed by atoms with Gasteiger partial charge in [-0.25, -0.2) is 5.43 Å². The molecule has 5 heteroatoms. The van der Waals surface area contributed by atoms with Gasteiger partial charge in [0.15, 0.2) is 0 Å². The van der Waals surface area contributed by atoms with Gasteiger partial charge < -0.3 is 9.88 Å². The first-order valence-electron chi connectivity index (χ1n) is 10.9. The molecule has 0 unspecified atom stereocenters. The molecule has 0 aliphatic heterocycles. The molecule has 1 heterocycles. The molecule has 4 aromatic carbocycles. The molecule has 0 aliphatic carbocycles. The first-order valence-corrected chi connectivity index (χ1v) is 10.9. The van der Waals surface area contributed by atoms with Gasteiger partial charge >= 0.3 is 0 Å². The number of fused-ring (bicyclic) bond motifs is 2. The van der Waals surface area contributed by atoms with Crippen molar-refractivity contribution in [2.75, 3.05) is 11.9 Å². The van der Waals surface area contributed by atoms with Gasteiger partial charge in [0.2, 0.25) is 0 Å². The summed E-state index contributed by atoms with van der Waals surface area (Å²) in [5, 5.41) is 10.7. The van der Waals surface area contributed by atoms with Crippen LogP contribution in [0.4, 0.5) is 5.69 Å². The van der Waals surface area contributed by atoms with E-state index in [0.717, 1.165) is 39.5 Å². The number of anilines is 1. The molecule has 0 fully saturated rings. The second kappa shape index (κ2) is 9.40. The van der Waals surface area contributed by atoms with Gasteiger partial charge in [-0.1, -0.05) is 84.9 Å². The van der Waals surface area contributed by atoms with E-state index in [0.29, 0.717) is 0 Å². The minimum absolute atomic E-state index is 0.140. The molecule has 162 valence electrons. The van der Waals surface area contributed by atoms with Crippen LogP contribution in [-0.4, -0.2) is 23.2 Å². The van der Waals surface area contributed by atoms with Crippen molar-refractivity contribution in [1.29, 1.82) is 0 Å². The Morgan fingerprint density at radius 2 is 1.55 bits per heavy atom. The van der Waals surface area contributed by atoms with Crippen molar-refractivity contribution in [2.45, 2.75) is 6.54 Å². The van der Waals surface area contributed by atoms with E-state index in [1.807, 2.05) is 60.7 Å². The predicted octanol–water partition coefficient (Wildman–Crippen LogP) is 5.41. The molecule has 2 N–H and O–H groups in total. The lowest BCUT2D eigenvalue weighted by Gasteiger charge is -2.08. The van der Waals surface area contributed by atoms with E-state index < -0.39 is 0 Å². The van der Waals surface area contributed by atoms with E-state index in [4.69, 9.17) is 0 Å². The molecule has 0 saturated carbocycles. The van der Waals surface area contributed by atoms with Gasteiger partial charge in [0, 0.05) is 40.3 Å². The number of carbonyl (C=O) groups is 1. The van der Waals surface area contributed by atoms with Crippen LogP contribution in [0.15, 0.2) is 108 Å². The highest BCUT2D eigenvalue weighted by atomic mass is 16.2. The lowest BCUT2D eigenvalue weighted by Crippen LogP contribution is -2.25. The first kappa shape index (κ1) is 20.5. The van der Waals surface area contributed by atoms with Crippen LogP contribution < -0.4 is 10.7 Å². The zero-order chi connectivity index (χ0) is 22.5. The average molecular weight is 433 g/mol. The number of para-hydroxylation sites is 1. The fraction of sp³-hybridized carbons (Fsp3) is 0.0714. The van der Waals surface area contributed by atoms with E-state index in [1.165, 1.54) is 5.56 Å². The maximum Gasteiger partial charge on any atom is 0.259 e. The van der Waals surface area contributed by atoms with E-state index >= 15 is 0 Å². The third-order valence-electron chi connectivity index (χ3n) is 5.64. The Morgan fingerprint density at radius 1 is 0.818 bits per heavy atom. The van der Waals surface area contributed by atoms with Crippen molar-refractivity contribution in [3.63, 3.8) is 0 Å². The van der Waals surface area contributed by atoms with Crippen LogP contribution in [0.5, 0.6) is 0 Å². The highest BCUT2D eigenvalue weighted by Crippen LogP contribution is 2.23. The minimum Gasteiger partial charge on any atom is -0.376 e. The molecule has 5 rings (SSSR count). The summed E-state index contributed by atoms with van der Waals surface area (Å²) in [6, 6.07) is 32.7. The molecular formula is C28H24N4O. The van der Waals surface area contributed by atoms with Gasteiger partial charge in [-0.05, 0) is 23.1 Å². The van der Waals surface area contributed by atoms with Crippen LogP contribution in [0.3, 0.4) is 0 Å². The summed E-state index contributed by atoms with van der Waals surface area (Å²) in [6.45, 7) is 0.914. The van der Waals surface area contributed by atoms with Crippen LogP contribution in [0, 0.1) is 0 Å². The highest BCUT2D eigenvalue weighted by Gasteiger charge is 2.08. The first-order chi connectivity index (χ1) is 16.3. The predicted molar refractivity (Wildman–Crippen MR) is 136 cm³/mol. The summed E-state index contributed by atoms with van der Waals surface area (Å²) in [5.74, 6) is -0.202. The van der Waals surface area contributed by atoms with E-state index in [9.17, 15) is 4.79 Å². The quantitative estimate of drug-likeness (QED) is 0.267. The molecule has 0 aliphatic rings. The molecule has 5 nitrogen and oxygen atoms in total. The summed E-state index contributed by atoms with van der Waals surface area (Å²) < 4.78 is 2.20. The van der Waals surface area contributed by atoms with Gasteiger partial charge in [0.05, 0.1) is 12.8 Å². The number of aromatic nitrogens is 1. The largest absolute Gasteiger partial charge is 0.376 e. The number of benzene rings is 4.